The molecule has 2 atom stereocenters. The highest BCUT2D eigenvalue weighted by atomic mass is 32.2. The molecule has 4 nitrogen and oxygen atoms in total. The molecule has 0 saturated carbocycles. The van der Waals surface area contributed by atoms with Gasteiger partial charge in [0.1, 0.15) is 0 Å². The summed E-state index contributed by atoms with van der Waals surface area (Å²) in [5.41, 5.74) is 0. The summed E-state index contributed by atoms with van der Waals surface area (Å²) < 4.78 is 0. The molecule has 0 bridgehead atoms. The number of thioether (sulfide) groups is 1. The fourth-order valence-electron chi connectivity index (χ4n) is 1.26. The molecule has 1 saturated heterocycles. The summed E-state index contributed by atoms with van der Waals surface area (Å²) in [4.78, 5) is 23.9. The molecule has 1 aliphatic rings. The maximum atomic E-state index is 11.7. The number of carboxylic acids is 1. The number of nitrogens with zero attached hydrogens (tertiary/aromatic N) is 1. The van der Waals surface area contributed by atoms with E-state index in [1.165, 1.54) is 16.7 Å². The molecule has 1 N–H and O–H groups in total. The quantitative estimate of drug-likeness (QED) is 0.701. The van der Waals surface area contributed by atoms with E-state index in [9.17, 15) is 9.59 Å². The Balaban J connectivity index is 2.67. The molecule has 0 aromatic heterocycles. The van der Waals surface area contributed by atoms with E-state index in [-0.39, 0.29) is 11.8 Å². The average Bonchev–Trinajstić information content (AvgIpc) is 2.63. The Hall–Kier alpha value is -0.360. The van der Waals surface area contributed by atoms with Crippen molar-refractivity contribution in [1.82, 2.24) is 4.90 Å². The van der Waals surface area contributed by atoms with E-state index in [1.807, 2.05) is 0 Å². The topological polar surface area (TPSA) is 57.6 Å². The van der Waals surface area contributed by atoms with Gasteiger partial charge in [-0.05, 0) is 0 Å². The lowest BCUT2D eigenvalue weighted by Gasteiger charge is -2.23. The Morgan fingerprint density at radius 1 is 1.71 bits per heavy atom. The second-order valence-corrected chi connectivity index (χ2v) is 4.73. The molecule has 1 aliphatic heterocycles. The number of amides is 1. The van der Waals surface area contributed by atoms with Gasteiger partial charge in [-0.3, -0.25) is 4.79 Å². The van der Waals surface area contributed by atoms with E-state index in [0.717, 1.165) is 0 Å². The van der Waals surface area contributed by atoms with Crippen molar-refractivity contribution in [3.63, 3.8) is 0 Å². The molecule has 80 valence electrons. The molecular formula is C8H13NO3S2. The molecule has 0 aromatic carbocycles. The summed E-state index contributed by atoms with van der Waals surface area (Å²) in [5, 5.41) is 8.15. The highest BCUT2D eigenvalue weighted by Crippen LogP contribution is 2.25. The third-order valence-electron chi connectivity index (χ3n) is 2.08. The molecule has 6 heteroatoms. The average molecular weight is 235 g/mol. The third kappa shape index (κ3) is 2.36. The lowest BCUT2D eigenvalue weighted by atomic mass is 10.2. The van der Waals surface area contributed by atoms with Crippen molar-refractivity contribution in [2.45, 2.75) is 12.3 Å². The van der Waals surface area contributed by atoms with Crippen molar-refractivity contribution in [2.75, 3.05) is 18.1 Å². The molecule has 0 aromatic rings. The van der Waals surface area contributed by atoms with Crippen LogP contribution in [0.15, 0.2) is 0 Å². The van der Waals surface area contributed by atoms with Gasteiger partial charge in [0.2, 0.25) is 5.91 Å². The number of aliphatic carboxylic acids is 1. The highest BCUT2D eigenvalue weighted by molar-refractivity contribution is 8.00. The van der Waals surface area contributed by atoms with Crippen molar-refractivity contribution in [2.24, 2.45) is 5.92 Å². The van der Waals surface area contributed by atoms with Crippen LogP contribution >= 0.6 is 24.4 Å². The third-order valence-corrected chi connectivity index (χ3v) is 3.82. The Morgan fingerprint density at radius 3 is 2.86 bits per heavy atom. The molecule has 0 spiro atoms. The van der Waals surface area contributed by atoms with Crippen molar-refractivity contribution < 1.29 is 14.7 Å². The molecule has 2 unspecified atom stereocenters. The summed E-state index contributed by atoms with van der Waals surface area (Å²) in [6, 6.07) is 0. The first kappa shape index (κ1) is 11.7. The van der Waals surface area contributed by atoms with E-state index in [1.54, 1.807) is 6.92 Å². The predicted molar refractivity (Wildman–Crippen MR) is 58.6 cm³/mol. The van der Waals surface area contributed by atoms with Crippen molar-refractivity contribution in [1.29, 1.82) is 0 Å². The Labute approximate surface area is 92.4 Å². The molecular weight excluding hydrogens is 222 g/mol. The van der Waals surface area contributed by atoms with Gasteiger partial charge in [0.05, 0.1) is 0 Å². The zero-order chi connectivity index (χ0) is 10.7. The maximum Gasteiger partial charge on any atom is 0.337 e. The van der Waals surface area contributed by atoms with Crippen molar-refractivity contribution in [3.05, 3.63) is 0 Å². The SMILES string of the molecule is CC(CS)C(=O)N1CCSC1C(=O)O. The molecule has 0 radical (unpaired) electrons. The van der Waals surface area contributed by atoms with E-state index < -0.39 is 11.3 Å². The largest absolute Gasteiger partial charge is 0.479 e. The van der Waals surface area contributed by atoms with Crippen LogP contribution in [0.2, 0.25) is 0 Å². The summed E-state index contributed by atoms with van der Waals surface area (Å²) in [6.45, 7) is 2.29. The number of hydrogen-bond donors (Lipinski definition) is 2. The Bertz CT molecular complexity index is 247. The van der Waals surface area contributed by atoms with Crippen LogP contribution in [0.5, 0.6) is 0 Å². The number of rotatable bonds is 3. The van der Waals surface area contributed by atoms with Crippen LogP contribution in [-0.2, 0) is 9.59 Å². The lowest BCUT2D eigenvalue weighted by molar-refractivity contribution is -0.146. The monoisotopic (exact) mass is 235 g/mol. The second kappa shape index (κ2) is 4.93. The molecule has 1 rings (SSSR count). The van der Waals surface area contributed by atoms with Crippen molar-refractivity contribution >= 4 is 36.3 Å². The summed E-state index contributed by atoms with van der Waals surface area (Å²) in [7, 11) is 0. The molecule has 14 heavy (non-hydrogen) atoms. The van der Waals surface area contributed by atoms with Crippen LogP contribution in [0.25, 0.3) is 0 Å². The fraction of sp³-hybridized carbons (Fsp3) is 0.750. The van der Waals surface area contributed by atoms with Gasteiger partial charge in [-0.2, -0.15) is 12.6 Å². The van der Waals surface area contributed by atoms with Crippen LogP contribution in [0.3, 0.4) is 0 Å². The maximum absolute atomic E-state index is 11.7. The Kier molecular flexibility index (Phi) is 4.12. The fourth-order valence-corrected chi connectivity index (χ4v) is 2.47. The normalized spacial score (nSPS) is 23.6. The molecule has 1 fully saturated rings. The van der Waals surface area contributed by atoms with Crippen LogP contribution < -0.4 is 0 Å². The van der Waals surface area contributed by atoms with Crippen LogP contribution in [-0.4, -0.2) is 45.3 Å². The zero-order valence-corrected chi connectivity index (χ0v) is 9.55. The molecule has 1 amide bonds. The van der Waals surface area contributed by atoms with Gasteiger partial charge in [-0.1, -0.05) is 6.92 Å². The summed E-state index contributed by atoms with van der Waals surface area (Å²) in [6.07, 6.45) is 0. The van der Waals surface area contributed by atoms with Gasteiger partial charge in [0.25, 0.3) is 0 Å². The van der Waals surface area contributed by atoms with Crippen LogP contribution in [0, 0.1) is 5.92 Å². The first-order chi connectivity index (χ1) is 6.57. The van der Waals surface area contributed by atoms with Gasteiger partial charge >= 0.3 is 5.97 Å². The highest BCUT2D eigenvalue weighted by Gasteiger charge is 2.35. The molecule has 1 heterocycles. The number of carbonyl (C=O) groups excluding carboxylic acids is 1. The van der Waals surface area contributed by atoms with Gasteiger partial charge < -0.3 is 10.0 Å². The second-order valence-electron chi connectivity index (χ2n) is 3.18. The standard InChI is InChI=1S/C8H13NO3S2/c1-5(4-13)6(10)9-2-3-14-7(9)8(11)12/h5,7,13H,2-4H2,1H3,(H,11,12). The van der Waals surface area contributed by atoms with E-state index >= 15 is 0 Å². The van der Waals surface area contributed by atoms with Crippen LogP contribution in [0.4, 0.5) is 0 Å². The number of thiol groups is 1. The van der Waals surface area contributed by atoms with Gasteiger partial charge in [-0.25, -0.2) is 4.79 Å². The van der Waals surface area contributed by atoms with Gasteiger partial charge in [0.15, 0.2) is 5.37 Å². The Morgan fingerprint density at radius 2 is 2.36 bits per heavy atom. The van der Waals surface area contributed by atoms with E-state index in [2.05, 4.69) is 12.6 Å². The minimum absolute atomic E-state index is 0.114. The summed E-state index contributed by atoms with van der Waals surface area (Å²) in [5.74, 6) is -0.113. The first-order valence-electron chi connectivity index (χ1n) is 4.33. The molecule has 0 aliphatic carbocycles. The van der Waals surface area contributed by atoms with Crippen LogP contribution in [0.1, 0.15) is 6.92 Å². The van der Waals surface area contributed by atoms with E-state index in [0.29, 0.717) is 18.1 Å². The first-order valence-corrected chi connectivity index (χ1v) is 6.01. The van der Waals surface area contributed by atoms with Gasteiger partial charge in [-0.15, -0.1) is 11.8 Å². The summed E-state index contributed by atoms with van der Waals surface area (Å²) >= 11 is 5.32. The lowest BCUT2D eigenvalue weighted by Crippen LogP contribution is -2.42. The van der Waals surface area contributed by atoms with Gasteiger partial charge in [0, 0.05) is 24.0 Å². The van der Waals surface area contributed by atoms with Crippen molar-refractivity contribution in [3.8, 4) is 0 Å². The zero-order valence-electron chi connectivity index (χ0n) is 7.84. The number of carbonyl (C=O) groups is 2. The minimum Gasteiger partial charge on any atom is -0.479 e. The number of hydrogen-bond acceptors (Lipinski definition) is 4. The smallest absolute Gasteiger partial charge is 0.337 e. The van der Waals surface area contributed by atoms with E-state index in [4.69, 9.17) is 5.11 Å². The number of carboxylic acid groups (broad SMARTS) is 1. The predicted octanol–water partition coefficient (Wildman–Crippen LogP) is 0.538. The minimum atomic E-state index is -0.938.